The normalized spacial score (nSPS) is 11.7. The first-order chi connectivity index (χ1) is 19.3. The van der Waals surface area contributed by atoms with Crippen molar-refractivity contribution in [2.75, 3.05) is 0 Å². The summed E-state index contributed by atoms with van der Waals surface area (Å²) in [4.78, 5) is 16.5. The summed E-state index contributed by atoms with van der Waals surface area (Å²) in [5.41, 5.74) is 7.21. The molecule has 0 fully saturated rings. The van der Waals surface area contributed by atoms with Gasteiger partial charge in [0, 0.05) is 11.0 Å². The van der Waals surface area contributed by atoms with E-state index in [-0.39, 0.29) is 5.41 Å². The Morgan fingerprint density at radius 1 is 0.750 bits per heavy atom. The van der Waals surface area contributed by atoms with Crippen molar-refractivity contribution in [3.8, 4) is 28.3 Å². The maximum atomic E-state index is 5.86. The first-order valence-corrected chi connectivity index (χ1v) is 14.0. The lowest BCUT2D eigenvalue weighted by Crippen LogP contribution is -2.12. The molecule has 0 aliphatic rings. The Morgan fingerprint density at radius 3 is 1.88 bits per heavy atom. The zero-order valence-electron chi connectivity index (χ0n) is 25.1. The Hall–Kier alpha value is -4.38. The van der Waals surface area contributed by atoms with Crippen LogP contribution in [0.4, 0.5) is 0 Å². The summed E-state index contributed by atoms with van der Waals surface area (Å²) in [6, 6.07) is 20.6. The van der Waals surface area contributed by atoms with Crippen molar-refractivity contribution >= 4 is 22.1 Å². The van der Waals surface area contributed by atoms with Gasteiger partial charge < -0.3 is 14.7 Å². The monoisotopic (exact) mass is 534 g/mol. The average molecular weight is 535 g/mol. The van der Waals surface area contributed by atoms with Crippen LogP contribution >= 0.6 is 0 Å². The second-order valence-electron chi connectivity index (χ2n) is 9.91. The number of ether oxygens (including phenoxy) is 1. The molecule has 5 rings (SSSR count). The minimum atomic E-state index is -0.0208. The van der Waals surface area contributed by atoms with Gasteiger partial charge in [-0.15, -0.1) is 0 Å². The highest BCUT2D eigenvalue weighted by Gasteiger charge is 2.18. The van der Waals surface area contributed by atoms with Gasteiger partial charge >= 0.3 is 0 Å². The summed E-state index contributed by atoms with van der Waals surface area (Å²) in [6.07, 6.45) is 7.40. The first-order valence-electron chi connectivity index (χ1n) is 14.0. The van der Waals surface area contributed by atoms with Crippen LogP contribution < -0.4 is 4.74 Å². The van der Waals surface area contributed by atoms with Crippen LogP contribution in [0.25, 0.3) is 44.6 Å². The molecule has 3 aromatic carbocycles. The second-order valence-corrected chi connectivity index (χ2v) is 9.91. The van der Waals surface area contributed by atoms with E-state index in [1.165, 1.54) is 0 Å². The van der Waals surface area contributed by atoms with Gasteiger partial charge in [0.15, 0.2) is 0 Å². The number of nitrogens with zero attached hydrogens (tertiary/aromatic N) is 2. The first kappa shape index (κ1) is 30.2. The molecule has 0 atom stereocenters. The van der Waals surface area contributed by atoms with Gasteiger partial charge in [-0.3, -0.25) is 0 Å². The molecule has 2 N–H and O–H groups in total. The van der Waals surface area contributed by atoms with E-state index in [0.717, 1.165) is 61.9 Å². The van der Waals surface area contributed by atoms with Gasteiger partial charge in [0.05, 0.1) is 22.1 Å². The van der Waals surface area contributed by atoms with Crippen molar-refractivity contribution in [3.05, 3.63) is 103 Å². The molecule has 0 spiro atoms. The molecule has 5 nitrogen and oxygen atoms in total. The van der Waals surface area contributed by atoms with Crippen molar-refractivity contribution in [2.45, 2.75) is 60.8 Å². The van der Waals surface area contributed by atoms with Crippen LogP contribution in [-0.4, -0.2) is 19.9 Å². The van der Waals surface area contributed by atoms with Gasteiger partial charge in [0.25, 0.3) is 0 Å². The summed E-state index contributed by atoms with van der Waals surface area (Å²) >= 11 is 0. The quantitative estimate of drug-likeness (QED) is 0.168. The fourth-order valence-electron chi connectivity index (χ4n) is 4.04. The summed E-state index contributed by atoms with van der Waals surface area (Å²) in [5, 5.41) is 0. The highest BCUT2D eigenvalue weighted by molar-refractivity contribution is 5.87. The summed E-state index contributed by atoms with van der Waals surface area (Å²) < 4.78 is 5.86. The van der Waals surface area contributed by atoms with Gasteiger partial charge in [-0.05, 0) is 72.7 Å². The number of imidazole rings is 2. The maximum Gasteiger partial charge on any atom is 0.138 e. The molecule has 0 saturated carbocycles. The zero-order valence-corrected chi connectivity index (χ0v) is 25.1. The largest absolute Gasteiger partial charge is 0.462 e. The lowest BCUT2D eigenvalue weighted by molar-refractivity contribution is 0.428. The van der Waals surface area contributed by atoms with E-state index >= 15 is 0 Å². The molecule has 5 heteroatoms. The van der Waals surface area contributed by atoms with E-state index in [9.17, 15) is 0 Å². The summed E-state index contributed by atoms with van der Waals surface area (Å²) in [5.74, 6) is 3.41. The molecule has 5 aromatic rings. The summed E-state index contributed by atoms with van der Waals surface area (Å²) in [6.45, 7) is 20.1. The lowest BCUT2D eigenvalue weighted by atomic mass is 9.96. The van der Waals surface area contributed by atoms with Crippen molar-refractivity contribution in [1.82, 2.24) is 19.9 Å². The molecule has 0 radical (unpaired) electrons. The van der Waals surface area contributed by atoms with Gasteiger partial charge in [0.2, 0.25) is 0 Å². The maximum absolute atomic E-state index is 5.86. The number of hydrogen-bond donors (Lipinski definition) is 2. The number of aromatic nitrogens is 4. The van der Waals surface area contributed by atoms with Gasteiger partial charge in [-0.25, -0.2) is 9.97 Å². The van der Waals surface area contributed by atoms with E-state index in [0.29, 0.717) is 0 Å². The number of fused-ring (bicyclic) bond motifs is 2. The summed E-state index contributed by atoms with van der Waals surface area (Å²) in [7, 11) is 0. The topological polar surface area (TPSA) is 66.6 Å². The molecular formula is C35H42N4O. The van der Waals surface area contributed by atoms with E-state index in [4.69, 9.17) is 14.7 Å². The average Bonchev–Trinajstić information content (AvgIpc) is 3.60. The number of nitrogens with one attached hydrogen (secondary N) is 2. The molecule has 0 unspecified atom stereocenters. The Labute approximate surface area is 238 Å². The zero-order chi connectivity index (χ0) is 29.3. The minimum absolute atomic E-state index is 0.0208. The highest BCUT2D eigenvalue weighted by Crippen LogP contribution is 2.30. The Balaban J connectivity index is 0.00000106. The van der Waals surface area contributed by atoms with Crippen molar-refractivity contribution in [2.24, 2.45) is 0 Å². The smallest absolute Gasteiger partial charge is 0.138 e. The Kier molecular flexibility index (Phi) is 10.3. The SMILES string of the molecule is C=C/C=C\C=C(/C)Oc1ccc(-c2nc3ccc(-c4ccc5nc(C(C)(C)C)[nH]c5c4)cc3[nH]2)cc1.CC.CC. The Morgan fingerprint density at radius 2 is 1.30 bits per heavy atom. The van der Waals surface area contributed by atoms with Gasteiger partial charge in [-0.1, -0.05) is 85.4 Å². The number of aromatic amines is 2. The van der Waals surface area contributed by atoms with Crippen LogP contribution in [0, 0.1) is 0 Å². The van der Waals surface area contributed by atoms with Crippen molar-refractivity contribution < 1.29 is 4.74 Å². The molecular weight excluding hydrogens is 492 g/mol. The van der Waals surface area contributed by atoms with E-state index in [2.05, 4.69) is 73.7 Å². The molecule has 0 bridgehead atoms. The molecule has 0 aliphatic heterocycles. The molecule has 2 aromatic heterocycles. The predicted octanol–water partition coefficient (Wildman–Crippen LogP) is 10.1. The van der Waals surface area contributed by atoms with Crippen molar-refractivity contribution in [1.29, 1.82) is 0 Å². The fraction of sp³-hybridized carbons (Fsp3) is 0.257. The number of rotatable bonds is 6. The van der Waals surface area contributed by atoms with Crippen LogP contribution in [0.3, 0.4) is 0 Å². The third-order valence-corrected chi connectivity index (χ3v) is 5.99. The number of H-pyrrole nitrogens is 2. The van der Waals surface area contributed by atoms with E-state index in [1.807, 2.05) is 77.1 Å². The van der Waals surface area contributed by atoms with E-state index < -0.39 is 0 Å². The lowest BCUT2D eigenvalue weighted by Gasteiger charge is -2.13. The van der Waals surface area contributed by atoms with Crippen LogP contribution in [0.1, 0.15) is 61.2 Å². The second kappa shape index (κ2) is 13.6. The number of benzene rings is 3. The predicted molar refractivity (Wildman–Crippen MR) is 172 cm³/mol. The Bertz CT molecular complexity index is 1610. The third-order valence-electron chi connectivity index (χ3n) is 5.99. The van der Waals surface area contributed by atoms with Crippen LogP contribution in [-0.2, 0) is 5.41 Å². The fourth-order valence-corrected chi connectivity index (χ4v) is 4.04. The number of hydrogen-bond acceptors (Lipinski definition) is 3. The molecule has 0 amide bonds. The molecule has 0 saturated heterocycles. The minimum Gasteiger partial charge on any atom is -0.462 e. The highest BCUT2D eigenvalue weighted by atomic mass is 16.5. The van der Waals surface area contributed by atoms with E-state index in [1.54, 1.807) is 6.08 Å². The molecule has 40 heavy (non-hydrogen) atoms. The van der Waals surface area contributed by atoms with Gasteiger partial charge in [-0.2, -0.15) is 0 Å². The molecule has 208 valence electrons. The third kappa shape index (κ3) is 7.17. The van der Waals surface area contributed by atoms with Crippen LogP contribution in [0.2, 0.25) is 0 Å². The van der Waals surface area contributed by atoms with Crippen LogP contribution in [0.15, 0.2) is 97.3 Å². The standard InChI is InChI=1S/C31H30N4O.2C2H6/c1-6-7-8-9-20(2)36-24-14-10-21(11-15-24)29-32-25-16-12-22(18-27(25)33-29)23-13-17-26-28(19-23)35-30(34-26)31(3,4)5;2*1-2/h6-19H,1H2,2-5H3,(H,32,33)(H,34,35);2*1-2H3/b8-7-,20-9+;;. The van der Waals surface area contributed by atoms with Crippen LogP contribution in [0.5, 0.6) is 5.75 Å². The molecule has 2 heterocycles. The van der Waals surface area contributed by atoms with Gasteiger partial charge in [0.1, 0.15) is 23.2 Å². The molecule has 0 aliphatic carbocycles. The number of allylic oxidation sites excluding steroid dienone is 5. The van der Waals surface area contributed by atoms with Crippen molar-refractivity contribution in [3.63, 3.8) is 0 Å².